The predicted octanol–water partition coefficient (Wildman–Crippen LogP) is 3.19. The van der Waals surface area contributed by atoms with E-state index < -0.39 is 0 Å². The van der Waals surface area contributed by atoms with Crippen LogP contribution >= 0.6 is 15.9 Å². The van der Waals surface area contributed by atoms with Crippen LogP contribution in [0.3, 0.4) is 0 Å². The van der Waals surface area contributed by atoms with Crippen LogP contribution in [-0.4, -0.2) is 15.7 Å². The van der Waals surface area contributed by atoms with Crippen LogP contribution in [0.5, 0.6) is 0 Å². The third-order valence-corrected chi connectivity index (χ3v) is 4.61. The Morgan fingerprint density at radius 3 is 2.46 bits per heavy atom. The SMILES string of the molecule is C[C@@H](NC(=O)c1nn(C)c(=O)c2ccccc12)c1ccccc1Br. The quantitative estimate of drug-likeness (QED) is 0.752. The smallest absolute Gasteiger partial charge is 0.274 e. The third kappa shape index (κ3) is 2.97. The first-order chi connectivity index (χ1) is 11.5. The van der Waals surface area contributed by atoms with Gasteiger partial charge in [0.15, 0.2) is 5.69 Å². The van der Waals surface area contributed by atoms with Gasteiger partial charge < -0.3 is 5.32 Å². The van der Waals surface area contributed by atoms with Crippen LogP contribution in [0.1, 0.15) is 29.0 Å². The van der Waals surface area contributed by atoms with Gasteiger partial charge in [0.05, 0.1) is 11.4 Å². The fourth-order valence-electron chi connectivity index (χ4n) is 2.64. The number of hydrogen-bond acceptors (Lipinski definition) is 3. The van der Waals surface area contributed by atoms with Crippen molar-refractivity contribution < 1.29 is 4.79 Å². The zero-order chi connectivity index (χ0) is 17.3. The van der Waals surface area contributed by atoms with E-state index in [-0.39, 0.29) is 23.2 Å². The van der Waals surface area contributed by atoms with Gasteiger partial charge in [-0.3, -0.25) is 9.59 Å². The summed E-state index contributed by atoms with van der Waals surface area (Å²) in [6, 6.07) is 14.5. The lowest BCUT2D eigenvalue weighted by atomic mass is 10.1. The van der Waals surface area contributed by atoms with Crippen molar-refractivity contribution in [1.29, 1.82) is 0 Å². The van der Waals surface area contributed by atoms with E-state index >= 15 is 0 Å². The lowest BCUT2D eigenvalue weighted by molar-refractivity contribution is 0.0934. The van der Waals surface area contributed by atoms with Crippen molar-refractivity contribution in [3.05, 3.63) is 74.6 Å². The van der Waals surface area contributed by atoms with E-state index in [9.17, 15) is 9.59 Å². The summed E-state index contributed by atoms with van der Waals surface area (Å²) in [5, 5.41) is 8.13. The van der Waals surface area contributed by atoms with Gasteiger partial charge in [-0.25, -0.2) is 4.68 Å². The van der Waals surface area contributed by atoms with Crippen LogP contribution in [0.2, 0.25) is 0 Å². The molecule has 0 saturated heterocycles. The molecule has 0 fully saturated rings. The molecule has 5 nitrogen and oxygen atoms in total. The standard InChI is InChI=1S/C18H16BrN3O2/c1-11(12-7-5-6-10-15(12)19)20-17(23)16-13-8-3-4-9-14(13)18(24)22(2)21-16/h3-11H,1-2H3,(H,20,23)/t11-/m1/s1. The Kier molecular flexibility index (Phi) is 4.49. The molecule has 6 heteroatoms. The molecule has 3 aromatic rings. The van der Waals surface area contributed by atoms with E-state index in [2.05, 4.69) is 26.3 Å². The van der Waals surface area contributed by atoms with Crippen LogP contribution in [-0.2, 0) is 7.05 Å². The number of carbonyl (C=O) groups excluding carboxylic acids is 1. The van der Waals surface area contributed by atoms with Crippen molar-refractivity contribution in [3.63, 3.8) is 0 Å². The average Bonchev–Trinajstić information content (AvgIpc) is 2.58. The van der Waals surface area contributed by atoms with Gasteiger partial charge in [0, 0.05) is 16.9 Å². The van der Waals surface area contributed by atoms with Gasteiger partial charge in [-0.05, 0) is 24.6 Å². The van der Waals surface area contributed by atoms with Crippen LogP contribution in [0.25, 0.3) is 10.8 Å². The van der Waals surface area contributed by atoms with Crippen LogP contribution < -0.4 is 10.9 Å². The fraction of sp³-hybridized carbons (Fsp3) is 0.167. The number of benzene rings is 2. The molecule has 2 aromatic carbocycles. The highest BCUT2D eigenvalue weighted by atomic mass is 79.9. The minimum atomic E-state index is -0.315. The Hall–Kier alpha value is -2.47. The summed E-state index contributed by atoms with van der Waals surface area (Å²) in [6.45, 7) is 1.90. The number of aryl methyl sites for hydroxylation is 1. The number of nitrogens with zero attached hydrogens (tertiary/aromatic N) is 2. The molecule has 122 valence electrons. The number of amides is 1. The maximum atomic E-state index is 12.7. The second-order valence-corrected chi connectivity index (χ2v) is 6.39. The van der Waals surface area contributed by atoms with Gasteiger partial charge in [0.1, 0.15) is 0 Å². The third-order valence-electron chi connectivity index (χ3n) is 3.89. The molecule has 0 aliphatic carbocycles. The van der Waals surface area contributed by atoms with Crippen molar-refractivity contribution in [2.75, 3.05) is 0 Å². The minimum Gasteiger partial charge on any atom is -0.344 e. The molecule has 1 amide bonds. The van der Waals surface area contributed by atoms with E-state index in [0.29, 0.717) is 10.8 Å². The minimum absolute atomic E-state index is 0.203. The summed E-state index contributed by atoms with van der Waals surface area (Å²) in [5.74, 6) is -0.315. The van der Waals surface area contributed by atoms with Crippen molar-refractivity contribution in [3.8, 4) is 0 Å². The number of nitrogens with one attached hydrogen (secondary N) is 1. The molecule has 0 saturated carbocycles. The molecule has 0 bridgehead atoms. The molecule has 1 N–H and O–H groups in total. The summed E-state index contributed by atoms with van der Waals surface area (Å²) >= 11 is 3.49. The van der Waals surface area contributed by atoms with Gasteiger partial charge in [0.2, 0.25) is 0 Å². The Bertz CT molecular complexity index is 981. The van der Waals surface area contributed by atoms with Crippen LogP contribution in [0.15, 0.2) is 57.8 Å². The second-order valence-electron chi connectivity index (χ2n) is 5.54. The molecule has 24 heavy (non-hydrogen) atoms. The molecular weight excluding hydrogens is 370 g/mol. The average molecular weight is 386 g/mol. The topological polar surface area (TPSA) is 64.0 Å². The van der Waals surface area contributed by atoms with Crippen LogP contribution in [0.4, 0.5) is 0 Å². The second kappa shape index (κ2) is 6.57. The number of carbonyl (C=O) groups is 1. The number of fused-ring (bicyclic) bond motifs is 1. The molecule has 0 radical (unpaired) electrons. The van der Waals surface area contributed by atoms with Gasteiger partial charge in [-0.1, -0.05) is 52.3 Å². The van der Waals surface area contributed by atoms with Gasteiger partial charge >= 0.3 is 0 Å². The molecule has 0 spiro atoms. The largest absolute Gasteiger partial charge is 0.344 e. The number of aromatic nitrogens is 2. The molecule has 1 atom stereocenters. The van der Waals surface area contributed by atoms with Crippen molar-refractivity contribution in [2.45, 2.75) is 13.0 Å². The van der Waals surface area contributed by atoms with E-state index in [0.717, 1.165) is 10.0 Å². The molecular formula is C18H16BrN3O2. The molecule has 1 heterocycles. The number of halogens is 1. The molecule has 0 unspecified atom stereocenters. The highest BCUT2D eigenvalue weighted by Crippen LogP contribution is 2.23. The zero-order valence-electron chi connectivity index (χ0n) is 13.3. The monoisotopic (exact) mass is 385 g/mol. The molecule has 0 aliphatic heterocycles. The Balaban J connectivity index is 1.99. The Morgan fingerprint density at radius 1 is 1.12 bits per heavy atom. The first kappa shape index (κ1) is 16.4. The van der Waals surface area contributed by atoms with E-state index in [1.807, 2.05) is 31.2 Å². The first-order valence-electron chi connectivity index (χ1n) is 7.50. The van der Waals surface area contributed by atoms with E-state index in [1.165, 1.54) is 4.68 Å². The van der Waals surface area contributed by atoms with E-state index in [4.69, 9.17) is 0 Å². The normalized spacial score (nSPS) is 12.1. The lowest BCUT2D eigenvalue weighted by Gasteiger charge is -2.16. The summed E-state index contributed by atoms with van der Waals surface area (Å²) < 4.78 is 2.12. The van der Waals surface area contributed by atoms with Gasteiger partial charge in [-0.2, -0.15) is 5.10 Å². The maximum absolute atomic E-state index is 12.7. The van der Waals surface area contributed by atoms with Crippen molar-refractivity contribution in [1.82, 2.24) is 15.1 Å². The molecule has 1 aromatic heterocycles. The van der Waals surface area contributed by atoms with Crippen LogP contribution in [0, 0.1) is 0 Å². The highest BCUT2D eigenvalue weighted by molar-refractivity contribution is 9.10. The lowest BCUT2D eigenvalue weighted by Crippen LogP contribution is -2.31. The predicted molar refractivity (Wildman–Crippen MR) is 97.0 cm³/mol. The summed E-state index contributed by atoms with van der Waals surface area (Å²) in [4.78, 5) is 24.9. The van der Waals surface area contributed by atoms with Gasteiger partial charge in [0.25, 0.3) is 11.5 Å². The van der Waals surface area contributed by atoms with Crippen molar-refractivity contribution in [2.24, 2.45) is 7.05 Å². The summed E-state index contributed by atoms with van der Waals surface area (Å²) in [7, 11) is 1.54. The Morgan fingerprint density at radius 2 is 1.75 bits per heavy atom. The fourth-order valence-corrected chi connectivity index (χ4v) is 3.26. The van der Waals surface area contributed by atoms with E-state index in [1.54, 1.807) is 31.3 Å². The first-order valence-corrected chi connectivity index (χ1v) is 8.29. The summed E-state index contributed by atoms with van der Waals surface area (Å²) in [5.41, 5.74) is 0.993. The molecule has 3 rings (SSSR count). The van der Waals surface area contributed by atoms with Crippen molar-refractivity contribution >= 4 is 32.6 Å². The highest BCUT2D eigenvalue weighted by Gasteiger charge is 2.18. The Labute approximate surface area is 147 Å². The summed E-state index contributed by atoms with van der Waals surface area (Å²) in [6.07, 6.45) is 0. The van der Waals surface area contributed by atoms with Gasteiger partial charge in [-0.15, -0.1) is 0 Å². The molecule has 0 aliphatic rings. The maximum Gasteiger partial charge on any atom is 0.274 e. The number of hydrogen-bond donors (Lipinski definition) is 1. The number of rotatable bonds is 3. The zero-order valence-corrected chi connectivity index (χ0v) is 14.9.